The molecule has 19 heavy (non-hydrogen) atoms. The predicted molar refractivity (Wildman–Crippen MR) is 66.5 cm³/mol. The van der Waals surface area contributed by atoms with Crippen LogP contribution < -0.4 is 5.32 Å². The van der Waals surface area contributed by atoms with Gasteiger partial charge in [-0.05, 0) is 19.1 Å². The van der Waals surface area contributed by atoms with E-state index in [9.17, 15) is 13.9 Å². The second-order valence-electron chi connectivity index (χ2n) is 4.32. The van der Waals surface area contributed by atoms with Crippen LogP contribution in [0.15, 0.2) is 36.7 Å². The van der Waals surface area contributed by atoms with Crippen LogP contribution in [0.3, 0.4) is 0 Å². The number of rotatable bonds is 4. The molecule has 100 valence electrons. The molecule has 0 aliphatic carbocycles. The fourth-order valence-corrected chi connectivity index (χ4v) is 1.66. The van der Waals surface area contributed by atoms with Crippen molar-refractivity contribution in [3.05, 3.63) is 53.9 Å². The zero-order chi connectivity index (χ0) is 13.9. The lowest BCUT2D eigenvalue weighted by Crippen LogP contribution is -2.32. The molecular weight excluding hydrogens is 252 g/mol. The molecule has 4 nitrogen and oxygen atoms in total. The highest BCUT2D eigenvalue weighted by molar-refractivity contribution is 5.29. The van der Waals surface area contributed by atoms with Gasteiger partial charge in [0.2, 0.25) is 5.95 Å². The van der Waals surface area contributed by atoms with Gasteiger partial charge in [0.05, 0.1) is 6.54 Å². The van der Waals surface area contributed by atoms with E-state index in [-0.39, 0.29) is 12.1 Å². The Morgan fingerprint density at radius 3 is 2.58 bits per heavy atom. The molecule has 1 atom stereocenters. The number of hydrogen-bond acceptors (Lipinski definition) is 4. The number of nitrogens with zero attached hydrogens (tertiary/aromatic N) is 2. The van der Waals surface area contributed by atoms with E-state index in [1.54, 1.807) is 18.5 Å². The summed E-state index contributed by atoms with van der Waals surface area (Å²) in [6.07, 6.45) is 3.09. The predicted octanol–water partition coefficient (Wildman–Crippen LogP) is 2.07. The first kappa shape index (κ1) is 13.4. The Balaban J connectivity index is 2.13. The molecule has 0 aliphatic rings. The summed E-state index contributed by atoms with van der Waals surface area (Å²) in [5, 5.41) is 13.0. The van der Waals surface area contributed by atoms with Crippen LogP contribution in [0.4, 0.5) is 14.7 Å². The summed E-state index contributed by atoms with van der Waals surface area (Å²) in [4.78, 5) is 7.85. The van der Waals surface area contributed by atoms with E-state index in [4.69, 9.17) is 0 Å². The first-order chi connectivity index (χ1) is 8.99. The highest BCUT2D eigenvalue weighted by Crippen LogP contribution is 2.24. The molecule has 0 unspecified atom stereocenters. The third-order valence-electron chi connectivity index (χ3n) is 2.67. The maximum Gasteiger partial charge on any atom is 0.222 e. The zero-order valence-electron chi connectivity index (χ0n) is 10.3. The molecule has 6 heteroatoms. The summed E-state index contributed by atoms with van der Waals surface area (Å²) in [6, 6.07) is 4.72. The zero-order valence-corrected chi connectivity index (χ0v) is 10.3. The van der Waals surface area contributed by atoms with Crippen molar-refractivity contribution in [2.75, 3.05) is 11.9 Å². The summed E-state index contributed by atoms with van der Waals surface area (Å²) >= 11 is 0. The van der Waals surface area contributed by atoms with Crippen molar-refractivity contribution in [2.45, 2.75) is 12.5 Å². The Hall–Kier alpha value is -2.08. The molecule has 0 saturated heterocycles. The number of aromatic nitrogens is 2. The Kier molecular flexibility index (Phi) is 3.71. The molecule has 0 saturated carbocycles. The standard InChI is InChI=1S/C13H13F2N3O/c1-13(19,8-18-12-16-5-2-6-17-12)10-4-3-9(14)7-11(10)15/h2-7,19H,8H2,1H3,(H,16,17,18)/t13-/m1/s1. The Bertz CT molecular complexity index is 561. The fourth-order valence-electron chi connectivity index (χ4n) is 1.66. The van der Waals surface area contributed by atoms with Gasteiger partial charge in [0.25, 0.3) is 0 Å². The van der Waals surface area contributed by atoms with Crippen LogP contribution in [-0.4, -0.2) is 21.6 Å². The molecule has 0 amide bonds. The molecule has 2 rings (SSSR count). The molecule has 0 bridgehead atoms. The van der Waals surface area contributed by atoms with Crippen molar-refractivity contribution in [1.29, 1.82) is 0 Å². The number of hydrogen-bond donors (Lipinski definition) is 2. The summed E-state index contributed by atoms with van der Waals surface area (Å²) in [7, 11) is 0. The Morgan fingerprint density at radius 1 is 1.26 bits per heavy atom. The van der Waals surface area contributed by atoms with Crippen LogP contribution in [0, 0.1) is 11.6 Å². The molecule has 0 aliphatic heterocycles. The van der Waals surface area contributed by atoms with Gasteiger partial charge in [-0.15, -0.1) is 0 Å². The second-order valence-corrected chi connectivity index (χ2v) is 4.32. The molecule has 2 N–H and O–H groups in total. The van der Waals surface area contributed by atoms with Gasteiger partial charge in [-0.3, -0.25) is 0 Å². The summed E-state index contributed by atoms with van der Waals surface area (Å²) in [5.41, 5.74) is -1.49. The van der Waals surface area contributed by atoms with Crippen molar-refractivity contribution in [1.82, 2.24) is 9.97 Å². The van der Waals surface area contributed by atoms with E-state index < -0.39 is 17.2 Å². The van der Waals surface area contributed by atoms with Gasteiger partial charge < -0.3 is 10.4 Å². The highest BCUT2D eigenvalue weighted by atomic mass is 19.1. The molecule has 0 radical (unpaired) electrons. The molecule has 1 aromatic carbocycles. The van der Waals surface area contributed by atoms with Gasteiger partial charge in [-0.1, -0.05) is 6.07 Å². The third-order valence-corrected chi connectivity index (χ3v) is 2.67. The van der Waals surface area contributed by atoms with Crippen LogP contribution in [0.2, 0.25) is 0 Å². The van der Waals surface area contributed by atoms with Crippen molar-refractivity contribution in [3.63, 3.8) is 0 Å². The topological polar surface area (TPSA) is 58.0 Å². The smallest absolute Gasteiger partial charge is 0.222 e. The van der Waals surface area contributed by atoms with Gasteiger partial charge in [0, 0.05) is 24.0 Å². The monoisotopic (exact) mass is 265 g/mol. The van der Waals surface area contributed by atoms with E-state index in [0.717, 1.165) is 12.1 Å². The number of aliphatic hydroxyl groups is 1. The lowest BCUT2D eigenvalue weighted by atomic mass is 9.95. The quantitative estimate of drug-likeness (QED) is 0.888. The summed E-state index contributed by atoms with van der Waals surface area (Å²) in [5.74, 6) is -1.15. The van der Waals surface area contributed by atoms with Crippen LogP contribution in [0.25, 0.3) is 0 Å². The van der Waals surface area contributed by atoms with Crippen molar-refractivity contribution >= 4 is 5.95 Å². The largest absolute Gasteiger partial charge is 0.383 e. The summed E-state index contributed by atoms with van der Waals surface area (Å²) in [6.45, 7) is 1.43. The van der Waals surface area contributed by atoms with Crippen LogP contribution >= 0.6 is 0 Å². The van der Waals surface area contributed by atoms with Crippen LogP contribution in [-0.2, 0) is 5.60 Å². The minimum absolute atomic E-state index is 0.000431. The van der Waals surface area contributed by atoms with E-state index in [0.29, 0.717) is 5.95 Å². The second kappa shape index (κ2) is 5.27. The Labute approximate surface area is 109 Å². The highest BCUT2D eigenvalue weighted by Gasteiger charge is 2.26. The van der Waals surface area contributed by atoms with E-state index in [1.165, 1.54) is 13.0 Å². The molecule has 1 aromatic heterocycles. The van der Waals surface area contributed by atoms with Gasteiger partial charge in [-0.2, -0.15) is 0 Å². The molecule has 2 aromatic rings. The number of nitrogens with one attached hydrogen (secondary N) is 1. The fraction of sp³-hybridized carbons (Fsp3) is 0.231. The normalized spacial score (nSPS) is 13.9. The van der Waals surface area contributed by atoms with Gasteiger partial charge in [0.15, 0.2) is 0 Å². The first-order valence-corrected chi connectivity index (χ1v) is 5.68. The lowest BCUT2D eigenvalue weighted by Gasteiger charge is -2.24. The van der Waals surface area contributed by atoms with Crippen molar-refractivity contribution in [2.24, 2.45) is 0 Å². The SMILES string of the molecule is C[C@@](O)(CNc1ncccn1)c1ccc(F)cc1F. The minimum Gasteiger partial charge on any atom is -0.383 e. The van der Waals surface area contributed by atoms with Crippen LogP contribution in [0.1, 0.15) is 12.5 Å². The van der Waals surface area contributed by atoms with Crippen molar-refractivity contribution in [3.8, 4) is 0 Å². The molecule has 0 spiro atoms. The molecular formula is C13H13F2N3O. The average Bonchev–Trinajstić information content (AvgIpc) is 2.37. The molecule has 0 fully saturated rings. The third kappa shape index (κ3) is 3.23. The number of anilines is 1. The Morgan fingerprint density at radius 2 is 1.95 bits per heavy atom. The van der Waals surface area contributed by atoms with E-state index in [2.05, 4.69) is 15.3 Å². The minimum atomic E-state index is -1.50. The van der Waals surface area contributed by atoms with E-state index in [1.807, 2.05) is 0 Å². The van der Waals surface area contributed by atoms with Gasteiger partial charge >= 0.3 is 0 Å². The van der Waals surface area contributed by atoms with Crippen molar-refractivity contribution < 1.29 is 13.9 Å². The van der Waals surface area contributed by atoms with Crippen LogP contribution in [0.5, 0.6) is 0 Å². The maximum atomic E-state index is 13.6. The van der Waals surface area contributed by atoms with Gasteiger partial charge in [-0.25, -0.2) is 18.7 Å². The number of halogens is 2. The maximum absolute atomic E-state index is 13.6. The molecule has 1 heterocycles. The average molecular weight is 265 g/mol. The lowest BCUT2D eigenvalue weighted by molar-refractivity contribution is 0.0673. The number of benzene rings is 1. The van der Waals surface area contributed by atoms with E-state index >= 15 is 0 Å². The summed E-state index contributed by atoms with van der Waals surface area (Å²) < 4.78 is 26.4. The first-order valence-electron chi connectivity index (χ1n) is 5.68. The van der Waals surface area contributed by atoms with Gasteiger partial charge in [0.1, 0.15) is 17.2 Å².